The van der Waals surface area contributed by atoms with Gasteiger partial charge in [-0.15, -0.1) is 0 Å². The number of rotatable bonds is 5. The van der Waals surface area contributed by atoms with Gasteiger partial charge >= 0.3 is 0 Å². The van der Waals surface area contributed by atoms with Gasteiger partial charge in [0.25, 0.3) is 0 Å². The Hall–Kier alpha value is -1.94. The van der Waals surface area contributed by atoms with Gasteiger partial charge in [0.05, 0.1) is 0 Å². The van der Waals surface area contributed by atoms with E-state index in [4.69, 9.17) is 0 Å². The average Bonchev–Trinajstić information content (AvgIpc) is 2.47. The lowest BCUT2D eigenvalue weighted by Gasteiger charge is -2.03. The molecule has 0 aromatic heterocycles. The third-order valence-electron chi connectivity index (χ3n) is 2.93. The Morgan fingerprint density at radius 1 is 1.19 bits per heavy atom. The maximum atomic E-state index is 13.4. The molecule has 0 heterocycles. The largest absolute Gasteiger partial charge is 0.352 e. The van der Waals surface area contributed by atoms with Crippen molar-refractivity contribution < 1.29 is 9.18 Å². The number of hydrogen-bond acceptors (Lipinski definition) is 1. The molecule has 0 fully saturated rings. The van der Waals surface area contributed by atoms with E-state index >= 15 is 0 Å². The maximum absolute atomic E-state index is 13.4. The summed E-state index contributed by atoms with van der Waals surface area (Å²) < 4.78 is 14.4. The minimum Gasteiger partial charge on any atom is -0.352 e. The fourth-order valence-electron chi connectivity index (χ4n) is 1.86. The predicted molar refractivity (Wildman–Crippen MR) is 86.3 cm³/mol. The van der Waals surface area contributed by atoms with Crippen molar-refractivity contribution in [3.05, 3.63) is 76.0 Å². The van der Waals surface area contributed by atoms with Crippen LogP contribution >= 0.6 is 15.9 Å². The minimum absolute atomic E-state index is 0.189. The molecule has 0 spiro atoms. The molecule has 21 heavy (non-hydrogen) atoms. The second-order valence-corrected chi connectivity index (χ2v) is 5.44. The first-order valence-electron chi connectivity index (χ1n) is 6.60. The van der Waals surface area contributed by atoms with E-state index in [1.165, 1.54) is 12.1 Å². The van der Waals surface area contributed by atoms with Crippen molar-refractivity contribution in [2.45, 2.75) is 6.42 Å². The molecule has 0 unspecified atom stereocenters. The van der Waals surface area contributed by atoms with E-state index in [2.05, 4.69) is 21.2 Å². The van der Waals surface area contributed by atoms with Crippen LogP contribution in [-0.2, 0) is 11.2 Å². The van der Waals surface area contributed by atoms with Gasteiger partial charge in [-0.05, 0) is 41.8 Å². The Kier molecular flexibility index (Phi) is 5.69. The topological polar surface area (TPSA) is 29.1 Å². The van der Waals surface area contributed by atoms with E-state index in [-0.39, 0.29) is 11.7 Å². The van der Waals surface area contributed by atoms with Crippen LogP contribution in [0.4, 0.5) is 4.39 Å². The smallest absolute Gasteiger partial charge is 0.244 e. The highest BCUT2D eigenvalue weighted by molar-refractivity contribution is 9.10. The van der Waals surface area contributed by atoms with Crippen molar-refractivity contribution in [2.75, 3.05) is 6.54 Å². The molecule has 2 nitrogen and oxygen atoms in total. The Morgan fingerprint density at radius 2 is 2.00 bits per heavy atom. The quantitative estimate of drug-likeness (QED) is 0.815. The number of carbonyl (C=O) groups excluding carboxylic acids is 1. The maximum Gasteiger partial charge on any atom is 0.244 e. The lowest BCUT2D eigenvalue weighted by Crippen LogP contribution is -2.23. The van der Waals surface area contributed by atoms with Crippen LogP contribution in [0.5, 0.6) is 0 Å². The molecule has 1 amide bonds. The van der Waals surface area contributed by atoms with E-state index in [1.807, 2.05) is 24.3 Å². The highest BCUT2D eigenvalue weighted by Gasteiger charge is 2.01. The molecule has 1 N–H and O–H groups in total. The molecule has 2 aromatic rings. The van der Waals surface area contributed by atoms with Gasteiger partial charge in [0.15, 0.2) is 0 Å². The van der Waals surface area contributed by atoms with E-state index in [9.17, 15) is 9.18 Å². The first kappa shape index (κ1) is 15.4. The van der Waals surface area contributed by atoms with Gasteiger partial charge < -0.3 is 5.32 Å². The van der Waals surface area contributed by atoms with Crippen LogP contribution in [-0.4, -0.2) is 12.5 Å². The Morgan fingerprint density at radius 3 is 2.76 bits per heavy atom. The molecule has 108 valence electrons. The highest BCUT2D eigenvalue weighted by Crippen LogP contribution is 2.12. The van der Waals surface area contributed by atoms with Gasteiger partial charge in [-0.2, -0.15) is 0 Å². The van der Waals surface area contributed by atoms with Gasteiger partial charge in [0, 0.05) is 17.1 Å². The van der Waals surface area contributed by atoms with Gasteiger partial charge in [-0.3, -0.25) is 4.79 Å². The Bertz CT molecular complexity index is 655. The zero-order chi connectivity index (χ0) is 15.1. The first-order valence-corrected chi connectivity index (χ1v) is 7.39. The van der Waals surface area contributed by atoms with Gasteiger partial charge in [-0.25, -0.2) is 4.39 Å². The SMILES string of the molecule is O=C(/C=C/c1cccc(Br)c1)NCCc1ccccc1F. The van der Waals surface area contributed by atoms with Crippen molar-refractivity contribution in [1.82, 2.24) is 5.32 Å². The Balaban J connectivity index is 1.81. The van der Waals surface area contributed by atoms with Gasteiger partial charge in [0.1, 0.15) is 5.82 Å². The molecule has 0 bridgehead atoms. The van der Waals surface area contributed by atoms with Gasteiger partial charge in [0.2, 0.25) is 5.91 Å². The monoisotopic (exact) mass is 347 g/mol. The first-order chi connectivity index (χ1) is 10.1. The fraction of sp³-hybridized carbons (Fsp3) is 0.118. The summed E-state index contributed by atoms with van der Waals surface area (Å²) in [5.74, 6) is -0.428. The average molecular weight is 348 g/mol. The number of benzene rings is 2. The fourth-order valence-corrected chi connectivity index (χ4v) is 2.28. The highest BCUT2D eigenvalue weighted by atomic mass is 79.9. The summed E-state index contributed by atoms with van der Waals surface area (Å²) >= 11 is 3.37. The zero-order valence-electron chi connectivity index (χ0n) is 11.4. The molecule has 0 aliphatic heterocycles. The molecule has 0 saturated carbocycles. The summed E-state index contributed by atoms with van der Waals surface area (Å²) in [7, 11) is 0. The van der Waals surface area contributed by atoms with Crippen molar-refractivity contribution in [3.8, 4) is 0 Å². The summed E-state index contributed by atoms with van der Waals surface area (Å²) in [5, 5.41) is 2.74. The predicted octanol–water partition coefficient (Wildman–Crippen LogP) is 3.96. The van der Waals surface area contributed by atoms with Crippen LogP contribution in [0.15, 0.2) is 59.1 Å². The lowest BCUT2D eigenvalue weighted by atomic mass is 10.1. The number of amides is 1. The number of halogens is 2. The molecule has 2 aromatic carbocycles. The third kappa shape index (κ3) is 5.16. The molecule has 0 saturated heterocycles. The molecule has 0 aliphatic carbocycles. The summed E-state index contributed by atoms with van der Waals surface area (Å²) in [5.41, 5.74) is 1.54. The van der Waals surface area contributed by atoms with Crippen molar-refractivity contribution in [3.63, 3.8) is 0 Å². The van der Waals surface area contributed by atoms with E-state index in [0.29, 0.717) is 18.5 Å². The van der Waals surface area contributed by atoms with Crippen LogP contribution in [0.3, 0.4) is 0 Å². The Labute approximate surface area is 131 Å². The summed E-state index contributed by atoms with van der Waals surface area (Å²) in [6, 6.07) is 14.2. The van der Waals surface area contributed by atoms with E-state index in [0.717, 1.165) is 10.0 Å². The van der Waals surface area contributed by atoms with E-state index < -0.39 is 0 Å². The number of hydrogen-bond donors (Lipinski definition) is 1. The van der Waals surface area contributed by atoms with Crippen molar-refractivity contribution in [2.24, 2.45) is 0 Å². The molecule has 2 rings (SSSR count). The van der Waals surface area contributed by atoms with Crippen LogP contribution in [0.2, 0.25) is 0 Å². The van der Waals surface area contributed by atoms with Crippen LogP contribution in [0, 0.1) is 5.82 Å². The second-order valence-electron chi connectivity index (χ2n) is 4.52. The lowest BCUT2D eigenvalue weighted by molar-refractivity contribution is -0.116. The van der Waals surface area contributed by atoms with Crippen LogP contribution in [0.25, 0.3) is 6.08 Å². The van der Waals surface area contributed by atoms with E-state index in [1.54, 1.807) is 24.3 Å². The van der Waals surface area contributed by atoms with Gasteiger partial charge in [-0.1, -0.05) is 46.3 Å². The standard InChI is InChI=1S/C17H15BrFNO/c18-15-6-3-4-13(12-15)8-9-17(21)20-11-10-14-5-1-2-7-16(14)19/h1-9,12H,10-11H2,(H,20,21)/b9-8+. The zero-order valence-corrected chi connectivity index (χ0v) is 12.9. The molecule has 4 heteroatoms. The molecular formula is C17H15BrFNO. The molecule has 0 atom stereocenters. The number of carbonyl (C=O) groups is 1. The molecule has 0 radical (unpaired) electrons. The van der Waals surface area contributed by atoms with Crippen LogP contribution < -0.4 is 5.32 Å². The van der Waals surface area contributed by atoms with Crippen molar-refractivity contribution >= 4 is 27.9 Å². The van der Waals surface area contributed by atoms with Crippen LogP contribution in [0.1, 0.15) is 11.1 Å². The summed E-state index contributed by atoms with van der Waals surface area (Å²) in [6.45, 7) is 0.405. The minimum atomic E-state index is -0.239. The summed E-state index contributed by atoms with van der Waals surface area (Å²) in [4.78, 5) is 11.7. The van der Waals surface area contributed by atoms with Crippen molar-refractivity contribution in [1.29, 1.82) is 0 Å². The normalized spacial score (nSPS) is 10.8. The summed E-state index contributed by atoms with van der Waals surface area (Å²) in [6.07, 6.45) is 3.69. The second kappa shape index (κ2) is 7.74. The third-order valence-corrected chi connectivity index (χ3v) is 3.42. The molecular weight excluding hydrogens is 333 g/mol. The molecule has 0 aliphatic rings. The number of nitrogens with one attached hydrogen (secondary N) is 1.